The fourth-order valence-corrected chi connectivity index (χ4v) is 2.03. The van der Waals surface area contributed by atoms with Crippen molar-refractivity contribution >= 4 is 5.97 Å². The van der Waals surface area contributed by atoms with Gasteiger partial charge in [0.1, 0.15) is 0 Å². The van der Waals surface area contributed by atoms with Gasteiger partial charge in [-0.25, -0.2) is 0 Å². The molecule has 0 aromatic rings. The van der Waals surface area contributed by atoms with Gasteiger partial charge in [0.2, 0.25) is 0 Å². The quantitative estimate of drug-likeness (QED) is 0.433. The number of esters is 1. The number of hydrogen-bond acceptors (Lipinski definition) is 5. The Labute approximate surface area is 114 Å². The number of carbonyl (C=O) groups excluding carboxylic acids is 1. The van der Waals surface area contributed by atoms with Crippen molar-refractivity contribution in [2.75, 3.05) is 20.3 Å². The molecule has 19 heavy (non-hydrogen) atoms. The molecule has 0 saturated carbocycles. The van der Waals surface area contributed by atoms with Crippen LogP contribution in [-0.4, -0.2) is 43.8 Å². The molecule has 1 N–H and O–H groups in total. The number of rotatable bonds is 7. The third-order valence-corrected chi connectivity index (χ3v) is 3.20. The van der Waals surface area contributed by atoms with E-state index >= 15 is 0 Å². The molecule has 0 aromatic heterocycles. The van der Waals surface area contributed by atoms with Gasteiger partial charge >= 0.3 is 5.97 Å². The van der Waals surface area contributed by atoms with E-state index in [1.165, 1.54) is 7.11 Å². The van der Waals surface area contributed by atoms with Crippen molar-refractivity contribution in [1.29, 1.82) is 0 Å². The minimum Gasteiger partial charge on any atom is -0.469 e. The van der Waals surface area contributed by atoms with Crippen molar-refractivity contribution in [2.45, 2.75) is 45.0 Å². The van der Waals surface area contributed by atoms with Crippen LogP contribution in [0.1, 0.15) is 32.6 Å². The Balaban J connectivity index is 2.18. The zero-order chi connectivity index (χ0) is 14.1. The summed E-state index contributed by atoms with van der Waals surface area (Å²) in [5.41, 5.74) is 0. The van der Waals surface area contributed by atoms with Crippen molar-refractivity contribution in [3.63, 3.8) is 0 Å². The number of aliphatic hydroxyl groups excluding tert-OH is 1. The molecule has 0 radical (unpaired) electrons. The second-order valence-corrected chi connectivity index (χ2v) is 4.69. The van der Waals surface area contributed by atoms with E-state index in [0.29, 0.717) is 13.0 Å². The molecule has 0 bridgehead atoms. The Kier molecular flexibility index (Phi) is 7.70. The lowest BCUT2D eigenvalue weighted by atomic mass is 9.98. The summed E-state index contributed by atoms with van der Waals surface area (Å²) in [4.78, 5) is 10.9. The summed E-state index contributed by atoms with van der Waals surface area (Å²) in [6, 6.07) is 0. The van der Waals surface area contributed by atoms with Gasteiger partial charge in [0.25, 0.3) is 0 Å². The zero-order valence-corrected chi connectivity index (χ0v) is 11.7. The summed E-state index contributed by atoms with van der Waals surface area (Å²) in [6.07, 6.45) is 6.64. The lowest BCUT2D eigenvalue weighted by Crippen LogP contribution is -2.40. The van der Waals surface area contributed by atoms with Crippen LogP contribution in [0.3, 0.4) is 0 Å². The summed E-state index contributed by atoms with van der Waals surface area (Å²) in [6.45, 7) is 2.47. The number of allylic oxidation sites excluding steroid dienone is 2. The van der Waals surface area contributed by atoms with E-state index in [1.807, 2.05) is 6.92 Å². The van der Waals surface area contributed by atoms with Crippen molar-refractivity contribution < 1.29 is 24.1 Å². The Morgan fingerprint density at radius 3 is 2.95 bits per heavy atom. The molecule has 5 nitrogen and oxygen atoms in total. The van der Waals surface area contributed by atoms with E-state index in [4.69, 9.17) is 9.47 Å². The maximum atomic E-state index is 10.9. The van der Waals surface area contributed by atoms with Crippen LogP contribution >= 0.6 is 0 Å². The van der Waals surface area contributed by atoms with Gasteiger partial charge in [0.05, 0.1) is 26.4 Å². The Morgan fingerprint density at radius 2 is 2.26 bits per heavy atom. The number of hydrogen-bond donors (Lipinski definition) is 1. The van der Waals surface area contributed by atoms with Crippen molar-refractivity contribution in [3.8, 4) is 0 Å². The molecule has 110 valence electrons. The maximum Gasteiger partial charge on any atom is 0.305 e. The molecule has 1 rings (SSSR count). The fraction of sp³-hybridized carbons (Fsp3) is 0.786. The SMILES string of the molecule is COC(=O)CCC/C=C\C[C@H]1CO[C@@H](C)O[C@H]1CO. The molecule has 1 aliphatic rings. The average Bonchev–Trinajstić information content (AvgIpc) is 2.43. The first-order chi connectivity index (χ1) is 9.17. The van der Waals surface area contributed by atoms with E-state index in [-0.39, 0.29) is 30.9 Å². The molecule has 1 aliphatic heterocycles. The monoisotopic (exact) mass is 272 g/mol. The molecule has 1 fully saturated rings. The number of carbonyl (C=O) groups is 1. The first-order valence-electron chi connectivity index (χ1n) is 6.77. The smallest absolute Gasteiger partial charge is 0.305 e. The van der Waals surface area contributed by atoms with Crippen LogP contribution in [0.15, 0.2) is 12.2 Å². The molecule has 5 heteroatoms. The fourth-order valence-electron chi connectivity index (χ4n) is 2.03. The summed E-state index contributed by atoms with van der Waals surface area (Å²) >= 11 is 0. The summed E-state index contributed by atoms with van der Waals surface area (Å²) in [5.74, 6) is 0.0230. The predicted octanol–water partition coefficient (Wildman–Crippen LogP) is 1.65. The molecule has 1 saturated heterocycles. The largest absolute Gasteiger partial charge is 0.469 e. The van der Waals surface area contributed by atoms with E-state index in [9.17, 15) is 9.90 Å². The van der Waals surface area contributed by atoms with Gasteiger partial charge in [-0.05, 0) is 26.2 Å². The van der Waals surface area contributed by atoms with Crippen LogP contribution in [0, 0.1) is 5.92 Å². The zero-order valence-electron chi connectivity index (χ0n) is 11.7. The van der Waals surface area contributed by atoms with Gasteiger partial charge < -0.3 is 19.3 Å². The van der Waals surface area contributed by atoms with Gasteiger partial charge in [-0.2, -0.15) is 0 Å². The van der Waals surface area contributed by atoms with Crippen molar-refractivity contribution in [1.82, 2.24) is 0 Å². The third-order valence-electron chi connectivity index (χ3n) is 3.20. The molecule has 0 aliphatic carbocycles. The topological polar surface area (TPSA) is 65.0 Å². The Morgan fingerprint density at radius 1 is 1.47 bits per heavy atom. The first kappa shape index (κ1) is 16.1. The van der Waals surface area contributed by atoms with Crippen LogP contribution in [-0.2, 0) is 19.0 Å². The average molecular weight is 272 g/mol. The van der Waals surface area contributed by atoms with Crippen LogP contribution < -0.4 is 0 Å². The highest BCUT2D eigenvalue weighted by Crippen LogP contribution is 2.21. The molecule has 3 atom stereocenters. The summed E-state index contributed by atoms with van der Waals surface area (Å²) in [7, 11) is 1.40. The normalized spacial score (nSPS) is 27.6. The first-order valence-corrected chi connectivity index (χ1v) is 6.77. The third kappa shape index (κ3) is 6.18. The molecule has 0 aromatic carbocycles. The van der Waals surface area contributed by atoms with E-state index in [2.05, 4.69) is 16.9 Å². The number of aliphatic hydroxyl groups is 1. The molecule has 1 heterocycles. The van der Waals surface area contributed by atoms with Crippen LogP contribution in [0.25, 0.3) is 0 Å². The summed E-state index contributed by atoms with van der Waals surface area (Å²) < 4.78 is 15.5. The lowest BCUT2D eigenvalue weighted by molar-refractivity contribution is -0.234. The van der Waals surface area contributed by atoms with E-state index in [0.717, 1.165) is 19.3 Å². The molecule has 0 spiro atoms. The molecular formula is C14H24O5. The second kappa shape index (κ2) is 9.07. The lowest BCUT2D eigenvalue weighted by Gasteiger charge is -2.33. The highest BCUT2D eigenvalue weighted by atomic mass is 16.7. The van der Waals surface area contributed by atoms with Crippen LogP contribution in [0.2, 0.25) is 0 Å². The predicted molar refractivity (Wildman–Crippen MR) is 70.5 cm³/mol. The van der Waals surface area contributed by atoms with Gasteiger partial charge in [0.15, 0.2) is 6.29 Å². The number of unbranched alkanes of at least 4 members (excludes halogenated alkanes) is 1. The van der Waals surface area contributed by atoms with Gasteiger partial charge in [-0.3, -0.25) is 4.79 Å². The molecule has 0 amide bonds. The summed E-state index contributed by atoms with van der Waals surface area (Å²) in [5, 5.41) is 9.25. The van der Waals surface area contributed by atoms with E-state index in [1.54, 1.807) is 0 Å². The van der Waals surface area contributed by atoms with Gasteiger partial charge in [-0.15, -0.1) is 0 Å². The maximum absolute atomic E-state index is 10.9. The highest BCUT2D eigenvalue weighted by Gasteiger charge is 2.28. The minimum atomic E-state index is -0.238. The van der Waals surface area contributed by atoms with Crippen molar-refractivity contribution in [2.24, 2.45) is 5.92 Å². The number of ether oxygens (including phenoxy) is 3. The van der Waals surface area contributed by atoms with Crippen LogP contribution in [0.4, 0.5) is 0 Å². The highest BCUT2D eigenvalue weighted by molar-refractivity contribution is 5.68. The van der Waals surface area contributed by atoms with Gasteiger partial charge in [0, 0.05) is 12.3 Å². The van der Waals surface area contributed by atoms with Crippen molar-refractivity contribution in [3.05, 3.63) is 12.2 Å². The minimum absolute atomic E-state index is 0.0224. The molecular weight excluding hydrogens is 248 g/mol. The standard InChI is InChI=1S/C14H24O5/c1-11-18-10-12(13(9-15)19-11)7-5-3-4-6-8-14(16)17-2/h3,5,11-13,15H,4,6-10H2,1-2H3/b5-3-/t11-,12+,13+/m1/s1. The second-order valence-electron chi connectivity index (χ2n) is 4.69. The van der Waals surface area contributed by atoms with Crippen LogP contribution in [0.5, 0.6) is 0 Å². The number of methoxy groups -OCH3 is 1. The molecule has 0 unspecified atom stereocenters. The Hall–Kier alpha value is -0.910. The Bertz CT molecular complexity index is 290. The van der Waals surface area contributed by atoms with E-state index < -0.39 is 0 Å². The van der Waals surface area contributed by atoms with Gasteiger partial charge in [-0.1, -0.05) is 12.2 Å².